The molecule has 0 saturated heterocycles. The lowest BCUT2D eigenvalue weighted by Crippen LogP contribution is -2.53. The topological polar surface area (TPSA) is 78.3 Å². The van der Waals surface area contributed by atoms with Crippen molar-refractivity contribution in [3.8, 4) is 11.1 Å². The van der Waals surface area contributed by atoms with Gasteiger partial charge in [0.2, 0.25) is 11.9 Å². The number of aliphatic imine (C=N–C) groups is 2. The molecule has 0 bridgehead atoms. The number of amides is 2. The maximum absolute atomic E-state index is 14.1. The standard InChI is InChI=1S/C47H48N8O2/c1-33-7-9-36(10-8-33)29-54-44(56)41-32-51(24-20-43(41)52-25-21-48-46(52)54)28-35-11-15-38(16-12-35)39-17-13-37(14-18-39)30-55-45(57)40-31-50(27-34-5-3-2-4-6-34)23-19-42(40)53-26-22-49-47(53)55/h2-18H,19-32H2,1H3. The van der Waals surface area contributed by atoms with Crippen molar-refractivity contribution < 1.29 is 9.59 Å². The lowest BCUT2D eigenvalue weighted by Gasteiger charge is -2.42. The number of hydrogen-bond acceptors (Lipinski definition) is 8. The van der Waals surface area contributed by atoms with Gasteiger partial charge in [0.05, 0.1) is 37.3 Å². The Hall–Kier alpha value is -5.84. The van der Waals surface area contributed by atoms with Crippen molar-refractivity contribution in [3.05, 3.63) is 153 Å². The van der Waals surface area contributed by atoms with E-state index in [1.165, 1.54) is 16.7 Å². The highest BCUT2D eigenvalue weighted by Gasteiger charge is 2.42. The summed E-state index contributed by atoms with van der Waals surface area (Å²) >= 11 is 0. The van der Waals surface area contributed by atoms with Gasteiger partial charge in [-0.3, -0.25) is 39.2 Å². The van der Waals surface area contributed by atoms with Crippen LogP contribution in [0.1, 0.15) is 40.7 Å². The Bertz CT molecular complexity index is 2330. The van der Waals surface area contributed by atoms with Crippen LogP contribution in [0.3, 0.4) is 0 Å². The van der Waals surface area contributed by atoms with Gasteiger partial charge in [-0.1, -0.05) is 109 Å². The molecule has 57 heavy (non-hydrogen) atoms. The molecule has 4 aromatic carbocycles. The summed E-state index contributed by atoms with van der Waals surface area (Å²) in [4.78, 5) is 50.8. The van der Waals surface area contributed by atoms with Gasteiger partial charge in [0.25, 0.3) is 11.8 Å². The van der Waals surface area contributed by atoms with Gasteiger partial charge in [0.1, 0.15) is 0 Å². The van der Waals surface area contributed by atoms with Gasteiger partial charge >= 0.3 is 0 Å². The summed E-state index contributed by atoms with van der Waals surface area (Å²) in [5, 5.41) is 0. The smallest absolute Gasteiger partial charge is 0.259 e. The molecule has 6 aliphatic heterocycles. The van der Waals surface area contributed by atoms with Gasteiger partial charge in [-0.25, -0.2) is 0 Å². The molecule has 288 valence electrons. The molecular formula is C47H48N8O2. The molecule has 10 heteroatoms. The van der Waals surface area contributed by atoms with Crippen LogP contribution in [-0.2, 0) is 35.8 Å². The fourth-order valence-electron chi connectivity index (χ4n) is 9.27. The van der Waals surface area contributed by atoms with Crippen LogP contribution in [0, 0.1) is 6.92 Å². The minimum atomic E-state index is 0.0858. The average Bonchev–Trinajstić information content (AvgIpc) is 3.94. The van der Waals surface area contributed by atoms with E-state index in [4.69, 9.17) is 9.98 Å². The fraction of sp³-hybridized carbons (Fsp3) is 0.319. The number of benzene rings is 4. The summed E-state index contributed by atoms with van der Waals surface area (Å²) < 4.78 is 0. The molecular weight excluding hydrogens is 709 g/mol. The molecule has 2 amide bonds. The van der Waals surface area contributed by atoms with Crippen molar-refractivity contribution in [3.63, 3.8) is 0 Å². The maximum atomic E-state index is 14.1. The molecule has 6 heterocycles. The van der Waals surface area contributed by atoms with E-state index < -0.39 is 0 Å². The second-order valence-electron chi connectivity index (χ2n) is 16.1. The zero-order chi connectivity index (χ0) is 38.5. The van der Waals surface area contributed by atoms with Crippen molar-refractivity contribution in [1.82, 2.24) is 29.4 Å². The molecule has 0 atom stereocenters. The largest absolute Gasteiger partial charge is 0.314 e. The highest BCUT2D eigenvalue weighted by atomic mass is 16.2. The molecule has 0 spiro atoms. The Morgan fingerprint density at radius 1 is 0.491 bits per heavy atom. The number of nitrogens with zero attached hydrogens (tertiary/aromatic N) is 8. The first kappa shape index (κ1) is 35.6. The number of carbonyl (C=O) groups is 2. The third-order valence-electron chi connectivity index (χ3n) is 12.3. The second kappa shape index (κ2) is 14.9. The van der Waals surface area contributed by atoms with E-state index in [1.54, 1.807) is 0 Å². The van der Waals surface area contributed by atoms with Crippen LogP contribution in [-0.4, -0.2) is 105 Å². The van der Waals surface area contributed by atoms with Crippen molar-refractivity contribution in [1.29, 1.82) is 0 Å². The van der Waals surface area contributed by atoms with Crippen LogP contribution >= 0.6 is 0 Å². The Morgan fingerprint density at radius 2 is 0.912 bits per heavy atom. The monoisotopic (exact) mass is 756 g/mol. The van der Waals surface area contributed by atoms with Gasteiger partial charge in [-0.05, 0) is 40.3 Å². The summed E-state index contributed by atoms with van der Waals surface area (Å²) in [7, 11) is 0. The zero-order valence-corrected chi connectivity index (χ0v) is 32.6. The SMILES string of the molecule is Cc1ccc(CN2C(=O)C3=C(CCN(Cc4ccc(-c5ccc(CN6C(=O)C7=C(CCN(Cc8ccccc8)C7)N7CCN=C67)cc5)cc4)C3)N3CCN=C23)cc1. The summed E-state index contributed by atoms with van der Waals surface area (Å²) in [6, 6.07) is 36.3. The average molecular weight is 757 g/mol. The Kier molecular flexibility index (Phi) is 9.30. The van der Waals surface area contributed by atoms with Crippen molar-refractivity contribution >= 4 is 23.7 Å². The number of fused-ring (bicyclic) bond motifs is 4. The summed E-state index contributed by atoms with van der Waals surface area (Å²) in [6.45, 7) is 11.0. The third kappa shape index (κ3) is 6.87. The third-order valence-corrected chi connectivity index (χ3v) is 12.3. The van der Waals surface area contributed by atoms with Gasteiger partial charge < -0.3 is 9.80 Å². The highest BCUT2D eigenvalue weighted by Crippen LogP contribution is 2.34. The van der Waals surface area contributed by atoms with Crippen LogP contribution in [0.4, 0.5) is 0 Å². The van der Waals surface area contributed by atoms with E-state index in [0.29, 0.717) is 26.2 Å². The van der Waals surface area contributed by atoms with E-state index in [1.807, 2.05) is 15.9 Å². The van der Waals surface area contributed by atoms with Gasteiger partial charge in [0, 0.05) is 76.6 Å². The predicted molar refractivity (Wildman–Crippen MR) is 222 cm³/mol. The van der Waals surface area contributed by atoms with E-state index in [9.17, 15) is 9.59 Å². The second-order valence-corrected chi connectivity index (χ2v) is 16.1. The van der Waals surface area contributed by atoms with Crippen molar-refractivity contribution in [2.24, 2.45) is 9.98 Å². The normalized spacial score (nSPS) is 19.8. The van der Waals surface area contributed by atoms with Crippen LogP contribution in [0.2, 0.25) is 0 Å². The molecule has 4 aromatic rings. The van der Waals surface area contributed by atoms with Gasteiger partial charge in [0.15, 0.2) is 0 Å². The Labute approximate surface area is 334 Å². The summed E-state index contributed by atoms with van der Waals surface area (Å²) in [5.41, 5.74) is 12.3. The minimum absolute atomic E-state index is 0.0858. The van der Waals surface area contributed by atoms with Gasteiger partial charge in [-0.15, -0.1) is 0 Å². The van der Waals surface area contributed by atoms with Crippen LogP contribution in [0.15, 0.2) is 136 Å². The lowest BCUT2D eigenvalue weighted by atomic mass is 9.98. The Balaban J connectivity index is 0.786. The number of rotatable bonds is 9. The van der Waals surface area contributed by atoms with E-state index in [-0.39, 0.29) is 11.8 Å². The van der Waals surface area contributed by atoms with Gasteiger partial charge in [-0.2, -0.15) is 0 Å². The predicted octanol–water partition coefficient (Wildman–Crippen LogP) is 6.01. The molecule has 0 N–H and O–H groups in total. The van der Waals surface area contributed by atoms with E-state index in [0.717, 1.165) is 122 Å². The summed E-state index contributed by atoms with van der Waals surface area (Å²) in [5.74, 6) is 1.79. The first-order valence-corrected chi connectivity index (χ1v) is 20.4. The number of hydrogen-bond donors (Lipinski definition) is 0. The molecule has 0 saturated carbocycles. The molecule has 0 aromatic heterocycles. The van der Waals surface area contributed by atoms with Crippen molar-refractivity contribution in [2.75, 3.05) is 52.4 Å². The first-order chi connectivity index (χ1) is 27.9. The van der Waals surface area contributed by atoms with Crippen LogP contribution in [0.25, 0.3) is 11.1 Å². The molecule has 10 nitrogen and oxygen atoms in total. The molecule has 0 unspecified atom stereocenters. The number of aryl methyl sites for hydroxylation is 1. The number of carbonyl (C=O) groups excluding carboxylic acids is 2. The fourth-order valence-corrected chi connectivity index (χ4v) is 9.27. The molecule has 0 aliphatic carbocycles. The van der Waals surface area contributed by atoms with Crippen LogP contribution in [0.5, 0.6) is 0 Å². The zero-order valence-electron chi connectivity index (χ0n) is 32.6. The van der Waals surface area contributed by atoms with Crippen LogP contribution < -0.4 is 0 Å². The lowest BCUT2D eigenvalue weighted by molar-refractivity contribution is -0.126. The number of guanidine groups is 2. The Morgan fingerprint density at radius 3 is 1.39 bits per heavy atom. The summed E-state index contributed by atoms with van der Waals surface area (Å²) in [6.07, 6.45) is 1.72. The van der Waals surface area contributed by atoms with E-state index >= 15 is 0 Å². The molecule has 0 radical (unpaired) electrons. The quantitative estimate of drug-likeness (QED) is 0.208. The highest BCUT2D eigenvalue weighted by molar-refractivity contribution is 6.10. The van der Waals surface area contributed by atoms with E-state index in [2.05, 4.69) is 124 Å². The molecule has 0 fully saturated rings. The molecule has 6 aliphatic rings. The maximum Gasteiger partial charge on any atom is 0.259 e. The molecule has 10 rings (SSSR count). The van der Waals surface area contributed by atoms with Crippen molar-refractivity contribution in [2.45, 2.75) is 45.9 Å². The first-order valence-electron chi connectivity index (χ1n) is 20.4. The minimum Gasteiger partial charge on any atom is -0.314 e.